The molecule has 146 valence electrons. The number of carbonyl (C=O) groups excluding carboxylic acids is 1. The van der Waals surface area contributed by atoms with Crippen LogP contribution in [-0.4, -0.2) is 30.8 Å². The van der Waals surface area contributed by atoms with Crippen molar-refractivity contribution in [2.75, 3.05) is 5.32 Å². The minimum atomic E-state index is -0.246. The van der Waals surface area contributed by atoms with Gasteiger partial charge in [-0.25, -0.2) is 0 Å². The number of rotatable bonds is 4. The summed E-state index contributed by atoms with van der Waals surface area (Å²) in [7, 11) is 0. The third kappa shape index (κ3) is 4.28. The summed E-state index contributed by atoms with van der Waals surface area (Å²) < 4.78 is 2.63. The maximum atomic E-state index is 12.4. The average Bonchev–Trinajstić information content (AvgIpc) is 3.29. The monoisotopic (exact) mass is 534 g/mol. The maximum absolute atomic E-state index is 12.4. The highest BCUT2D eigenvalue weighted by Gasteiger charge is 2.13. The zero-order valence-electron chi connectivity index (χ0n) is 15.2. The van der Waals surface area contributed by atoms with E-state index in [-0.39, 0.29) is 11.0 Å². The zero-order chi connectivity index (χ0) is 20.4. The van der Waals surface area contributed by atoms with Gasteiger partial charge in [0.1, 0.15) is 5.01 Å². The Morgan fingerprint density at radius 3 is 2.83 bits per heavy atom. The van der Waals surface area contributed by atoms with Crippen LogP contribution in [0.15, 0.2) is 48.5 Å². The number of aryl methyl sites for hydroxylation is 1. The number of halogens is 1. The van der Waals surface area contributed by atoms with E-state index >= 15 is 0 Å². The topological polar surface area (TPSA) is 84.2 Å². The first kappa shape index (κ1) is 19.9. The van der Waals surface area contributed by atoms with Gasteiger partial charge in [-0.2, -0.15) is 9.61 Å². The summed E-state index contributed by atoms with van der Waals surface area (Å²) in [5.41, 5.74) is 2.27. The Kier molecular flexibility index (Phi) is 5.83. The Morgan fingerprint density at radius 2 is 2.03 bits per heavy atom. The van der Waals surface area contributed by atoms with Gasteiger partial charge in [-0.3, -0.25) is 10.1 Å². The van der Waals surface area contributed by atoms with Crippen molar-refractivity contribution < 1.29 is 4.79 Å². The third-order valence-electron chi connectivity index (χ3n) is 4.08. The van der Waals surface area contributed by atoms with Gasteiger partial charge in [0, 0.05) is 21.2 Å². The van der Waals surface area contributed by atoms with Crippen LogP contribution in [0, 0.1) is 3.57 Å². The number of amides is 1. The van der Waals surface area contributed by atoms with E-state index in [4.69, 9.17) is 12.2 Å². The number of anilines is 1. The Bertz CT molecular complexity index is 1220. The molecule has 0 bridgehead atoms. The summed E-state index contributed by atoms with van der Waals surface area (Å²) in [5.74, 6) is 0.584. The standard InChI is InChI=1S/C19H15IN6OS2/c1-2-15-23-24-19-26(15)25-17(29-19)11-6-5-7-12(10-11)21-18(28)22-16(27)13-8-3-4-9-14(13)20/h3-10H,2H2,1H3,(H2,21,22,27,28). The number of thiocarbonyl (C=S) groups is 1. The number of fused-ring (bicyclic) bond motifs is 1. The molecule has 0 unspecified atom stereocenters. The zero-order valence-corrected chi connectivity index (χ0v) is 19.0. The van der Waals surface area contributed by atoms with Crippen LogP contribution in [0.3, 0.4) is 0 Å². The van der Waals surface area contributed by atoms with E-state index in [0.29, 0.717) is 5.56 Å². The summed E-state index contributed by atoms with van der Waals surface area (Å²) in [6.45, 7) is 2.02. The summed E-state index contributed by atoms with van der Waals surface area (Å²) >= 11 is 8.90. The molecule has 29 heavy (non-hydrogen) atoms. The molecule has 0 atom stereocenters. The number of hydrogen-bond donors (Lipinski definition) is 2. The number of aromatic nitrogens is 4. The highest BCUT2D eigenvalue weighted by molar-refractivity contribution is 14.1. The van der Waals surface area contributed by atoms with E-state index in [0.717, 1.165) is 37.0 Å². The summed E-state index contributed by atoms with van der Waals surface area (Å²) in [6.07, 6.45) is 0.764. The average molecular weight is 534 g/mol. The number of benzene rings is 2. The lowest BCUT2D eigenvalue weighted by Gasteiger charge is -2.11. The number of carbonyl (C=O) groups is 1. The van der Waals surface area contributed by atoms with Crippen LogP contribution in [0.5, 0.6) is 0 Å². The van der Waals surface area contributed by atoms with Crippen LogP contribution < -0.4 is 10.6 Å². The lowest BCUT2D eigenvalue weighted by molar-refractivity contribution is 0.0977. The molecule has 10 heteroatoms. The predicted octanol–water partition coefficient (Wildman–Crippen LogP) is 4.15. The molecule has 2 aromatic carbocycles. The van der Waals surface area contributed by atoms with Gasteiger partial charge in [0.25, 0.3) is 5.91 Å². The van der Waals surface area contributed by atoms with Crippen molar-refractivity contribution in [1.29, 1.82) is 0 Å². The van der Waals surface area contributed by atoms with E-state index in [9.17, 15) is 4.79 Å². The molecule has 0 fully saturated rings. The van der Waals surface area contributed by atoms with E-state index in [1.807, 2.05) is 49.4 Å². The van der Waals surface area contributed by atoms with Gasteiger partial charge in [-0.05, 0) is 59.1 Å². The molecule has 0 aliphatic carbocycles. The van der Waals surface area contributed by atoms with Gasteiger partial charge in [0.15, 0.2) is 10.9 Å². The van der Waals surface area contributed by atoms with E-state index in [2.05, 4.69) is 48.5 Å². The lowest BCUT2D eigenvalue weighted by atomic mass is 10.2. The first-order chi connectivity index (χ1) is 14.0. The fourth-order valence-corrected chi connectivity index (χ4v) is 4.40. The molecule has 0 saturated carbocycles. The molecule has 0 spiro atoms. The van der Waals surface area contributed by atoms with Crippen molar-refractivity contribution >= 4 is 67.8 Å². The second kappa shape index (κ2) is 8.51. The van der Waals surface area contributed by atoms with Crippen molar-refractivity contribution in [3.63, 3.8) is 0 Å². The minimum absolute atomic E-state index is 0.234. The first-order valence-corrected chi connectivity index (χ1v) is 11.0. The number of nitrogens with one attached hydrogen (secondary N) is 2. The molecule has 7 nitrogen and oxygen atoms in total. The van der Waals surface area contributed by atoms with E-state index < -0.39 is 0 Å². The van der Waals surface area contributed by atoms with Gasteiger partial charge >= 0.3 is 0 Å². The number of nitrogens with zero attached hydrogens (tertiary/aromatic N) is 4. The highest BCUT2D eigenvalue weighted by Crippen LogP contribution is 2.27. The quantitative estimate of drug-likeness (QED) is 0.303. The van der Waals surface area contributed by atoms with Crippen LogP contribution in [0.25, 0.3) is 15.5 Å². The van der Waals surface area contributed by atoms with Gasteiger partial charge in [-0.1, -0.05) is 42.5 Å². The largest absolute Gasteiger partial charge is 0.332 e. The molecular formula is C19H15IN6OS2. The van der Waals surface area contributed by atoms with Crippen molar-refractivity contribution in [1.82, 2.24) is 25.1 Å². The lowest BCUT2D eigenvalue weighted by Crippen LogP contribution is -2.34. The first-order valence-electron chi connectivity index (χ1n) is 8.73. The summed E-state index contributed by atoms with van der Waals surface area (Å²) in [5, 5.41) is 19.7. The molecule has 0 aliphatic rings. The molecule has 2 N–H and O–H groups in total. The summed E-state index contributed by atoms with van der Waals surface area (Å²) in [6, 6.07) is 15.0. The van der Waals surface area contributed by atoms with E-state index in [1.165, 1.54) is 11.3 Å². The fourth-order valence-electron chi connectivity index (χ4n) is 2.70. The van der Waals surface area contributed by atoms with E-state index in [1.54, 1.807) is 10.6 Å². The third-order valence-corrected chi connectivity index (χ3v) is 6.18. The minimum Gasteiger partial charge on any atom is -0.332 e. The predicted molar refractivity (Wildman–Crippen MR) is 126 cm³/mol. The second-order valence-electron chi connectivity index (χ2n) is 6.04. The van der Waals surface area contributed by atoms with Crippen LogP contribution in [0.4, 0.5) is 5.69 Å². The maximum Gasteiger partial charge on any atom is 0.258 e. The molecule has 2 aromatic heterocycles. The summed E-state index contributed by atoms with van der Waals surface area (Å²) in [4.78, 5) is 13.2. The Hall–Kier alpha value is -2.44. The highest BCUT2D eigenvalue weighted by atomic mass is 127. The van der Waals surface area contributed by atoms with Crippen molar-refractivity contribution in [3.8, 4) is 10.6 Å². The molecule has 2 heterocycles. The fraction of sp³-hybridized carbons (Fsp3) is 0.105. The second-order valence-corrected chi connectivity index (χ2v) is 8.57. The van der Waals surface area contributed by atoms with Gasteiger partial charge in [0.05, 0.1) is 5.56 Å². The van der Waals surface area contributed by atoms with Crippen LogP contribution in [0.1, 0.15) is 23.1 Å². The Balaban J connectivity index is 1.49. The van der Waals surface area contributed by atoms with Gasteiger partial charge in [0.2, 0.25) is 4.96 Å². The Morgan fingerprint density at radius 1 is 1.21 bits per heavy atom. The van der Waals surface area contributed by atoms with Gasteiger partial charge in [-0.15, -0.1) is 10.2 Å². The Labute approximate surface area is 189 Å². The molecule has 4 rings (SSSR count). The van der Waals surface area contributed by atoms with Crippen LogP contribution in [0.2, 0.25) is 0 Å². The van der Waals surface area contributed by atoms with Crippen molar-refractivity contribution in [2.24, 2.45) is 0 Å². The molecule has 0 saturated heterocycles. The molecule has 0 radical (unpaired) electrons. The number of hydrogen-bond acceptors (Lipinski definition) is 6. The molecular weight excluding hydrogens is 519 g/mol. The molecule has 4 aromatic rings. The molecule has 0 aliphatic heterocycles. The smallest absolute Gasteiger partial charge is 0.258 e. The molecule has 1 amide bonds. The normalized spacial score (nSPS) is 10.8. The van der Waals surface area contributed by atoms with Crippen LogP contribution in [-0.2, 0) is 6.42 Å². The van der Waals surface area contributed by atoms with Crippen molar-refractivity contribution in [3.05, 3.63) is 63.5 Å². The van der Waals surface area contributed by atoms with Gasteiger partial charge < -0.3 is 5.32 Å². The van der Waals surface area contributed by atoms with Crippen LogP contribution >= 0.6 is 46.1 Å². The SMILES string of the molecule is CCc1nnc2sc(-c3cccc(NC(=S)NC(=O)c4ccccc4I)c3)nn12. The van der Waals surface area contributed by atoms with Crippen molar-refractivity contribution in [2.45, 2.75) is 13.3 Å².